The molecular weight excluding hydrogens is 318 g/mol. The first-order valence-electron chi connectivity index (χ1n) is 7.11. The van der Waals surface area contributed by atoms with Gasteiger partial charge in [-0.1, -0.05) is 11.6 Å². The molecule has 1 unspecified atom stereocenters. The summed E-state index contributed by atoms with van der Waals surface area (Å²) in [5.41, 5.74) is 0.983. The molecule has 0 aliphatic rings. The number of methoxy groups -OCH3 is 1. The van der Waals surface area contributed by atoms with Gasteiger partial charge in [-0.15, -0.1) is 0 Å². The molecule has 7 heteroatoms. The Labute approximate surface area is 138 Å². The van der Waals surface area contributed by atoms with Gasteiger partial charge in [-0.05, 0) is 25.1 Å². The molecule has 1 atom stereocenters. The van der Waals surface area contributed by atoms with Gasteiger partial charge in [0.25, 0.3) is 5.91 Å². The number of furan rings is 1. The molecule has 23 heavy (non-hydrogen) atoms. The van der Waals surface area contributed by atoms with E-state index in [2.05, 4.69) is 10.4 Å². The number of hydrogen-bond acceptors (Lipinski definition) is 4. The second-order valence-corrected chi connectivity index (χ2v) is 5.61. The van der Waals surface area contributed by atoms with Gasteiger partial charge in [-0.3, -0.25) is 9.48 Å². The second kappa shape index (κ2) is 6.44. The van der Waals surface area contributed by atoms with Gasteiger partial charge >= 0.3 is 0 Å². The lowest BCUT2D eigenvalue weighted by Crippen LogP contribution is -2.15. The lowest BCUT2D eigenvalue weighted by molar-refractivity contribution is 0.102. The van der Waals surface area contributed by atoms with E-state index < -0.39 is 0 Å². The number of nitrogens with zero attached hydrogens (tertiary/aromatic N) is 2. The maximum absolute atomic E-state index is 12.5. The van der Waals surface area contributed by atoms with Crippen LogP contribution in [-0.4, -0.2) is 29.4 Å². The Hall–Kier alpha value is -2.31. The van der Waals surface area contributed by atoms with Crippen LogP contribution in [0.25, 0.3) is 11.0 Å². The average molecular weight is 334 g/mol. The monoisotopic (exact) mass is 333 g/mol. The van der Waals surface area contributed by atoms with Crippen molar-refractivity contribution in [1.82, 2.24) is 9.78 Å². The van der Waals surface area contributed by atoms with Gasteiger partial charge in [-0.25, -0.2) is 0 Å². The van der Waals surface area contributed by atoms with Gasteiger partial charge in [0.1, 0.15) is 0 Å². The summed E-state index contributed by atoms with van der Waals surface area (Å²) in [6.07, 6.45) is 3.31. The van der Waals surface area contributed by atoms with Crippen molar-refractivity contribution in [2.75, 3.05) is 19.0 Å². The van der Waals surface area contributed by atoms with E-state index in [9.17, 15) is 4.79 Å². The van der Waals surface area contributed by atoms with Gasteiger partial charge in [0.05, 0.1) is 29.5 Å². The van der Waals surface area contributed by atoms with Crippen molar-refractivity contribution < 1.29 is 13.9 Å². The molecule has 1 aromatic carbocycles. The molecular formula is C16H16ClN3O3. The van der Waals surface area contributed by atoms with Crippen LogP contribution in [0, 0.1) is 0 Å². The summed E-state index contributed by atoms with van der Waals surface area (Å²) in [4.78, 5) is 12.5. The molecule has 0 bridgehead atoms. The minimum atomic E-state index is -0.266. The van der Waals surface area contributed by atoms with Gasteiger partial charge in [0.15, 0.2) is 11.4 Å². The fraction of sp³-hybridized carbons (Fsp3) is 0.250. The van der Waals surface area contributed by atoms with E-state index in [0.29, 0.717) is 34.0 Å². The molecule has 2 aromatic heterocycles. The number of aromatic nitrogens is 2. The Morgan fingerprint density at radius 1 is 1.43 bits per heavy atom. The van der Waals surface area contributed by atoms with E-state index in [-0.39, 0.29) is 11.9 Å². The molecule has 0 saturated heterocycles. The number of anilines is 1. The maximum atomic E-state index is 12.5. The van der Waals surface area contributed by atoms with E-state index in [4.69, 9.17) is 20.8 Å². The van der Waals surface area contributed by atoms with Crippen molar-refractivity contribution in [2.45, 2.75) is 13.0 Å². The first-order chi connectivity index (χ1) is 11.1. The van der Waals surface area contributed by atoms with Crippen molar-refractivity contribution >= 4 is 34.3 Å². The Morgan fingerprint density at radius 2 is 2.26 bits per heavy atom. The van der Waals surface area contributed by atoms with Crippen LogP contribution < -0.4 is 5.32 Å². The van der Waals surface area contributed by atoms with Crippen LogP contribution in [0.3, 0.4) is 0 Å². The van der Waals surface area contributed by atoms with Crippen LogP contribution in [0.2, 0.25) is 5.02 Å². The highest BCUT2D eigenvalue weighted by Crippen LogP contribution is 2.28. The Kier molecular flexibility index (Phi) is 4.36. The molecule has 0 spiro atoms. The summed E-state index contributed by atoms with van der Waals surface area (Å²) in [7, 11) is 1.64. The van der Waals surface area contributed by atoms with Crippen molar-refractivity contribution in [3.05, 3.63) is 47.3 Å². The summed E-state index contributed by atoms with van der Waals surface area (Å²) in [5, 5.41) is 8.26. The second-order valence-electron chi connectivity index (χ2n) is 5.20. The molecule has 0 radical (unpaired) electrons. The van der Waals surface area contributed by atoms with Gasteiger partial charge in [0.2, 0.25) is 0 Å². The number of hydrogen-bond donors (Lipinski definition) is 1. The van der Waals surface area contributed by atoms with E-state index in [1.807, 2.05) is 6.92 Å². The van der Waals surface area contributed by atoms with Gasteiger partial charge in [-0.2, -0.15) is 5.10 Å². The van der Waals surface area contributed by atoms with Crippen molar-refractivity contribution in [1.29, 1.82) is 0 Å². The molecule has 120 valence electrons. The average Bonchev–Trinajstić information content (AvgIpc) is 3.17. The molecule has 1 N–H and O–H groups in total. The third-order valence-corrected chi connectivity index (χ3v) is 3.82. The number of rotatable bonds is 5. The van der Waals surface area contributed by atoms with E-state index in [1.54, 1.807) is 42.3 Å². The highest BCUT2D eigenvalue weighted by atomic mass is 35.5. The summed E-state index contributed by atoms with van der Waals surface area (Å²) < 4.78 is 12.1. The number of carbonyl (C=O) groups excluding carboxylic acids is 1. The number of amides is 1. The summed E-state index contributed by atoms with van der Waals surface area (Å²) in [6, 6.07) is 6.85. The smallest absolute Gasteiger partial charge is 0.257 e. The highest BCUT2D eigenvalue weighted by Gasteiger charge is 2.15. The molecule has 1 amide bonds. The van der Waals surface area contributed by atoms with Crippen LogP contribution in [0.5, 0.6) is 0 Å². The van der Waals surface area contributed by atoms with Crippen LogP contribution in [0.15, 0.2) is 41.1 Å². The van der Waals surface area contributed by atoms with Crippen LogP contribution in [0.4, 0.5) is 5.82 Å². The predicted molar refractivity (Wildman–Crippen MR) is 88.0 cm³/mol. The molecule has 6 nitrogen and oxygen atoms in total. The molecule has 0 aliphatic heterocycles. The molecule has 0 fully saturated rings. The zero-order valence-electron chi connectivity index (χ0n) is 12.7. The zero-order valence-corrected chi connectivity index (χ0v) is 13.5. The number of nitrogens with one attached hydrogen (secondary N) is 1. The van der Waals surface area contributed by atoms with Crippen molar-refractivity contribution in [2.24, 2.45) is 0 Å². The summed E-state index contributed by atoms with van der Waals surface area (Å²) in [5.74, 6) is 0.210. The molecule has 3 rings (SSSR count). The van der Waals surface area contributed by atoms with Crippen LogP contribution in [0.1, 0.15) is 23.3 Å². The van der Waals surface area contributed by atoms with E-state index in [0.717, 1.165) is 0 Å². The molecule has 3 aromatic rings. The number of benzene rings is 1. The molecule has 2 heterocycles. The van der Waals surface area contributed by atoms with Crippen molar-refractivity contribution in [3.8, 4) is 0 Å². The molecule has 0 aliphatic carbocycles. The van der Waals surface area contributed by atoms with Crippen LogP contribution >= 0.6 is 11.6 Å². The number of halogens is 1. The quantitative estimate of drug-likeness (QED) is 0.772. The number of carbonyl (C=O) groups is 1. The number of ether oxygens (including phenoxy) is 1. The van der Waals surface area contributed by atoms with Crippen molar-refractivity contribution in [3.63, 3.8) is 0 Å². The third kappa shape index (κ3) is 3.09. The lowest BCUT2D eigenvalue weighted by Gasteiger charge is -2.10. The Bertz CT molecular complexity index is 840. The Balaban J connectivity index is 1.81. The zero-order chi connectivity index (χ0) is 16.4. The van der Waals surface area contributed by atoms with E-state index in [1.165, 1.54) is 6.26 Å². The predicted octanol–water partition coefficient (Wildman–Crippen LogP) is 3.74. The fourth-order valence-electron chi connectivity index (χ4n) is 2.38. The SMILES string of the molecule is COCC(C)n1ccc(NC(=O)c2ccc(Cl)c3occc23)n1. The Morgan fingerprint density at radius 3 is 3.04 bits per heavy atom. The summed E-state index contributed by atoms with van der Waals surface area (Å²) >= 11 is 6.05. The van der Waals surface area contributed by atoms with Crippen LogP contribution in [-0.2, 0) is 4.74 Å². The third-order valence-electron chi connectivity index (χ3n) is 3.52. The standard InChI is InChI=1S/C16H16ClN3O3/c1-10(9-22-2)20-7-5-14(19-20)18-16(21)12-3-4-13(17)15-11(12)6-8-23-15/h3-8,10H,9H2,1-2H3,(H,18,19,21). The lowest BCUT2D eigenvalue weighted by atomic mass is 10.1. The van der Waals surface area contributed by atoms with Gasteiger partial charge < -0.3 is 14.5 Å². The minimum absolute atomic E-state index is 0.0850. The van der Waals surface area contributed by atoms with Gasteiger partial charge in [0, 0.05) is 24.8 Å². The fourth-order valence-corrected chi connectivity index (χ4v) is 2.59. The topological polar surface area (TPSA) is 69.3 Å². The minimum Gasteiger partial charge on any atom is -0.463 e. The first-order valence-corrected chi connectivity index (χ1v) is 7.49. The maximum Gasteiger partial charge on any atom is 0.257 e. The largest absolute Gasteiger partial charge is 0.463 e. The first kappa shape index (κ1) is 15.6. The number of fused-ring (bicyclic) bond motifs is 1. The van der Waals surface area contributed by atoms with E-state index >= 15 is 0 Å². The summed E-state index contributed by atoms with van der Waals surface area (Å²) in [6.45, 7) is 2.53. The highest BCUT2D eigenvalue weighted by molar-refractivity contribution is 6.35. The normalized spacial score (nSPS) is 12.5. The molecule has 0 saturated carbocycles.